The monoisotopic (exact) mass is 229 g/mol. The van der Waals surface area contributed by atoms with Gasteiger partial charge in [0, 0.05) is 12.7 Å². The highest BCUT2D eigenvalue weighted by Gasteiger charge is 2.16. The zero-order valence-electron chi connectivity index (χ0n) is 9.70. The van der Waals surface area contributed by atoms with Crippen LogP contribution in [0.5, 0.6) is 0 Å². The molecule has 1 atom stereocenters. The third-order valence-electron chi connectivity index (χ3n) is 2.43. The normalized spacial score (nSPS) is 13.1. The lowest BCUT2D eigenvalue weighted by Crippen LogP contribution is -2.30. The molecule has 4 nitrogen and oxygen atoms in total. The number of rotatable bonds is 5. The molecule has 0 amide bonds. The summed E-state index contributed by atoms with van der Waals surface area (Å²) in [5, 5.41) is 4.46. The molecule has 0 radical (unpaired) electrons. The standard InChI is InChI=1S/C10H19N3OS/c1-6(2)8(5-14-4)12-10-7(3)9(11)13-15-10/h6,8,12H,5H2,1-4H3,(H2,11,13). The fourth-order valence-corrected chi connectivity index (χ4v) is 2.00. The van der Waals surface area contributed by atoms with Crippen LogP contribution in [0.1, 0.15) is 19.4 Å². The number of nitrogens with zero attached hydrogens (tertiary/aromatic N) is 1. The van der Waals surface area contributed by atoms with Crippen molar-refractivity contribution in [3.05, 3.63) is 5.56 Å². The van der Waals surface area contributed by atoms with Gasteiger partial charge in [-0.25, -0.2) is 0 Å². The lowest BCUT2D eigenvalue weighted by atomic mass is 10.1. The van der Waals surface area contributed by atoms with Crippen LogP contribution in [-0.4, -0.2) is 24.1 Å². The van der Waals surface area contributed by atoms with Crippen molar-refractivity contribution in [3.63, 3.8) is 0 Å². The quantitative estimate of drug-likeness (QED) is 0.812. The van der Waals surface area contributed by atoms with Crippen molar-refractivity contribution in [2.45, 2.75) is 26.8 Å². The van der Waals surface area contributed by atoms with Crippen LogP contribution in [0.25, 0.3) is 0 Å². The van der Waals surface area contributed by atoms with Crippen LogP contribution in [-0.2, 0) is 4.74 Å². The summed E-state index contributed by atoms with van der Waals surface area (Å²) in [7, 11) is 1.71. The Kier molecular flexibility index (Phi) is 4.35. The summed E-state index contributed by atoms with van der Waals surface area (Å²) in [5.41, 5.74) is 6.72. The fourth-order valence-electron chi connectivity index (χ4n) is 1.23. The molecule has 1 aromatic heterocycles. The fraction of sp³-hybridized carbons (Fsp3) is 0.700. The predicted octanol–water partition coefficient (Wildman–Crippen LogP) is 2.12. The maximum absolute atomic E-state index is 5.69. The Hall–Kier alpha value is -0.810. The third-order valence-corrected chi connectivity index (χ3v) is 3.32. The number of anilines is 2. The Bertz CT molecular complexity index is 312. The van der Waals surface area contributed by atoms with Crippen LogP contribution >= 0.6 is 11.5 Å². The van der Waals surface area contributed by atoms with Gasteiger partial charge in [0.2, 0.25) is 0 Å². The largest absolute Gasteiger partial charge is 0.383 e. The van der Waals surface area contributed by atoms with Crippen molar-refractivity contribution < 1.29 is 4.74 Å². The first-order valence-corrected chi connectivity index (χ1v) is 5.80. The van der Waals surface area contributed by atoms with E-state index in [4.69, 9.17) is 10.5 Å². The highest BCUT2D eigenvalue weighted by Crippen LogP contribution is 2.26. The molecular formula is C10H19N3OS. The van der Waals surface area contributed by atoms with E-state index in [-0.39, 0.29) is 0 Å². The number of ether oxygens (including phenoxy) is 1. The summed E-state index contributed by atoms with van der Waals surface area (Å²) < 4.78 is 9.28. The maximum atomic E-state index is 5.69. The lowest BCUT2D eigenvalue weighted by molar-refractivity contribution is 0.171. The third kappa shape index (κ3) is 3.07. The molecule has 0 saturated heterocycles. The zero-order chi connectivity index (χ0) is 11.4. The molecule has 5 heteroatoms. The van der Waals surface area contributed by atoms with Gasteiger partial charge in [0.25, 0.3) is 0 Å². The van der Waals surface area contributed by atoms with E-state index in [1.165, 1.54) is 11.5 Å². The van der Waals surface area contributed by atoms with Gasteiger partial charge < -0.3 is 15.8 Å². The van der Waals surface area contributed by atoms with Crippen LogP contribution in [0.2, 0.25) is 0 Å². The number of hydrogen-bond donors (Lipinski definition) is 2. The Morgan fingerprint density at radius 2 is 2.20 bits per heavy atom. The molecule has 1 aromatic rings. The van der Waals surface area contributed by atoms with Gasteiger partial charge in [0.1, 0.15) is 10.8 Å². The van der Waals surface area contributed by atoms with Crippen molar-refractivity contribution in [1.29, 1.82) is 0 Å². The average Bonchev–Trinajstić information content (AvgIpc) is 2.48. The first-order chi connectivity index (χ1) is 7.06. The molecule has 15 heavy (non-hydrogen) atoms. The molecule has 0 aliphatic carbocycles. The smallest absolute Gasteiger partial charge is 0.142 e. The van der Waals surface area contributed by atoms with E-state index < -0.39 is 0 Å². The molecule has 3 N–H and O–H groups in total. The van der Waals surface area contributed by atoms with E-state index in [0.717, 1.165) is 10.6 Å². The van der Waals surface area contributed by atoms with E-state index in [2.05, 4.69) is 23.5 Å². The maximum Gasteiger partial charge on any atom is 0.142 e. The van der Waals surface area contributed by atoms with Crippen LogP contribution in [0, 0.1) is 12.8 Å². The molecule has 0 saturated carbocycles. The second-order valence-electron chi connectivity index (χ2n) is 3.97. The number of nitrogen functional groups attached to an aromatic ring is 1. The Balaban J connectivity index is 2.69. The second kappa shape index (κ2) is 5.32. The summed E-state index contributed by atoms with van der Waals surface area (Å²) in [5.74, 6) is 1.12. The molecule has 1 unspecified atom stereocenters. The van der Waals surface area contributed by atoms with Crippen molar-refractivity contribution >= 4 is 22.4 Å². The molecule has 1 rings (SSSR count). The van der Waals surface area contributed by atoms with Gasteiger partial charge in [-0.15, -0.1) is 0 Å². The summed E-state index contributed by atoms with van der Waals surface area (Å²) in [6.45, 7) is 6.99. The molecule has 0 spiro atoms. The van der Waals surface area contributed by atoms with Crippen molar-refractivity contribution in [2.24, 2.45) is 5.92 Å². The topological polar surface area (TPSA) is 60.2 Å². The van der Waals surface area contributed by atoms with Gasteiger partial charge in [0.05, 0.1) is 12.6 Å². The number of nitrogens with two attached hydrogens (primary N) is 1. The van der Waals surface area contributed by atoms with E-state index in [1.54, 1.807) is 7.11 Å². The molecule has 0 aliphatic rings. The minimum absolute atomic E-state index is 0.300. The highest BCUT2D eigenvalue weighted by molar-refractivity contribution is 7.10. The van der Waals surface area contributed by atoms with Gasteiger partial charge in [0.15, 0.2) is 0 Å². The first-order valence-electron chi connectivity index (χ1n) is 5.03. The van der Waals surface area contributed by atoms with Crippen molar-refractivity contribution in [1.82, 2.24) is 4.37 Å². The Morgan fingerprint density at radius 3 is 2.60 bits per heavy atom. The number of aromatic nitrogens is 1. The van der Waals surface area contributed by atoms with Crippen molar-refractivity contribution in [3.8, 4) is 0 Å². The van der Waals surface area contributed by atoms with E-state index >= 15 is 0 Å². The average molecular weight is 229 g/mol. The van der Waals surface area contributed by atoms with E-state index in [9.17, 15) is 0 Å². The van der Waals surface area contributed by atoms with Gasteiger partial charge in [-0.2, -0.15) is 4.37 Å². The Labute approximate surface area is 95.0 Å². The number of hydrogen-bond acceptors (Lipinski definition) is 5. The molecule has 0 aromatic carbocycles. The zero-order valence-corrected chi connectivity index (χ0v) is 10.5. The van der Waals surface area contributed by atoms with Crippen LogP contribution in [0.3, 0.4) is 0 Å². The predicted molar refractivity (Wildman–Crippen MR) is 65.4 cm³/mol. The molecule has 0 bridgehead atoms. The minimum Gasteiger partial charge on any atom is -0.383 e. The van der Waals surface area contributed by atoms with E-state index in [1.807, 2.05) is 6.92 Å². The van der Waals surface area contributed by atoms with Gasteiger partial charge in [-0.05, 0) is 24.4 Å². The summed E-state index contributed by atoms with van der Waals surface area (Å²) >= 11 is 1.41. The van der Waals surface area contributed by atoms with Gasteiger partial charge >= 0.3 is 0 Å². The lowest BCUT2D eigenvalue weighted by Gasteiger charge is -2.21. The van der Waals surface area contributed by atoms with Gasteiger partial charge in [-0.3, -0.25) is 0 Å². The SMILES string of the molecule is COCC(Nc1snc(N)c1C)C(C)C. The minimum atomic E-state index is 0.300. The van der Waals surface area contributed by atoms with E-state index in [0.29, 0.717) is 24.4 Å². The first kappa shape index (κ1) is 12.3. The molecule has 86 valence electrons. The van der Waals surface area contributed by atoms with Crippen LogP contribution in [0.15, 0.2) is 0 Å². The molecule has 1 heterocycles. The van der Waals surface area contributed by atoms with Crippen LogP contribution in [0.4, 0.5) is 10.8 Å². The summed E-state index contributed by atoms with van der Waals surface area (Å²) in [4.78, 5) is 0. The Morgan fingerprint density at radius 1 is 1.53 bits per heavy atom. The number of nitrogens with one attached hydrogen (secondary N) is 1. The molecule has 0 fully saturated rings. The summed E-state index contributed by atoms with van der Waals surface area (Å²) in [6.07, 6.45) is 0. The van der Waals surface area contributed by atoms with Gasteiger partial charge in [-0.1, -0.05) is 13.8 Å². The summed E-state index contributed by atoms with van der Waals surface area (Å²) in [6, 6.07) is 0.300. The number of methoxy groups -OCH3 is 1. The second-order valence-corrected chi connectivity index (χ2v) is 4.75. The highest BCUT2D eigenvalue weighted by atomic mass is 32.1. The molecule has 0 aliphatic heterocycles. The van der Waals surface area contributed by atoms with Crippen LogP contribution < -0.4 is 11.1 Å². The molecular weight excluding hydrogens is 210 g/mol. The van der Waals surface area contributed by atoms with Crippen molar-refractivity contribution in [2.75, 3.05) is 24.8 Å².